The number of allylic oxidation sites excluding steroid dienone is 1. The van der Waals surface area contributed by atoms with Gasteiger partial charge in [-0.2, -0.15) is 0 Å². The molecule has 1 aliphatic heterocycles. The quantitative estimate of drug-likeness (QED) is 0.828. The first-order chi connectivity index (χ1) is 9.83. The van der Waals surface area contributed by atoms with Gasteiger partial charge in [0.2, 0.25) is 5.91 Å². The van der Waals surface area contributed by atoms with Gasteiger partial charge < -0.3 is 10.6 Å². The Morgan fingerprint density at radius 1 is 1.25 bits per heavy atom. The smallest absolute Gasteiger partial charge is 0.228 e. The van der Waals surface area contributed by atoms with Crippen molar-refractivity contribution in [1.82, 2.24) is 5.32 Å². The third-order valence-corrected chi connectivity index (χ3v) is 4.19. The number of carbonyl (C=O) groups excluding carboxylic acids is 1. The zero-order valence-corrected chi connectivity index (χ0v) is 11.9. The molecular formula is C17H22N2O. The van der Waals surface area contributed by atoms with Crippen LogP contribution in [0.2, 0.25) is 0 Å². The van der Waals surface area contributed by atoms with Crippen LogP contribution in [0.5, 0.6) is 0 Å². The zero-order valence-electron chi connectivity index (χ0n) is 11.9. The van der Waals surface area contributed by atoms with Crippen molar-refractivity contribution in [3.63, 3.8) is 0 Å². The van der Waals surface area contributed by atoms with E-state index in [1.807, 2.05) is 12.1 Å². The van der Waals surface area contributed by atoms with Crippen molar-refractivity contribution >= 4 is 11.6 Å². The topological polar surface area (TPSA) is 41.1 Å². The highest BCUT2D eigenvalue weighted by atomic mass is 16.1. The van der Waals surface area contributed by atoms with Gasteiger partial charge in [-0.15, -0.1) is 0 Å². The summed E-state index contributed by atoms with van der Waals surface area (Å²) in [5.41, 5.74) is 4.90. The lowest BCUT2D eigenvalue weighted by molar-refractivity contribution is -0.115. The zero-order chi connectivity index (χ0) is 13.8. The molecule has 106 valence electrons. The molecular weight excluding hydrogens is 248 g/mol. The second-order valence-electron chi connectivity index (χ2n) is 5.70. The average molecular weight is 270 g/mol. The molecule has 2 aliphatic rings. The average Bonchev–Trinajstić information content (AvgIpc) is 2.48. The van der Waals surface area contributed by atoms with Crippen LogP contribution in [0.15, 0.2) is 29.8 Å². The number of rotatable bonds is 3. The van der Waals surface area contributed by atoms with Crippen molar-refractivity contribution in [2.24, 2.45) is 0 Å². The van der Waals surface area contributed by atoms with Crippen molar-refractivity contribution in [2.45, 2.75) is 45.1 Å². The first kappa shape index (κ1) is 13.4. The van der Waals surface area contributed by atoms with Crippen molar-refractivity contribution in [3.05, 3.63) is 41.0 Å². The lowest BCUT2D eigenvalue weighted by Crippen LogP contribution is -2.25. The van der Waals surface area contributed by atoms with Gasteiger partial charge in [0.1, 0.15) is 0 Å². The Hall–Kier alpha value is -1.61. The lowest BCUT2D eigenvalue weighted by Gasteiger charge is -2.21. The minimum absolute atomic E-state index is 0.122. The van der Waals surface area contributed by atoms with Crippen molar-refractivity contribution < 1.29 is 4.79 Å². The van der Waals surface area contributed by atoms with Gasteiger partial charge in [0, 0.05) is 18.7 Å². The summed E-state index contributed by atoms with van der Waals surface area (Å²) in [6.07, 6.45) is 8.55. The summed E-state index contributed by atoms with van der Waals surface area (Å²) in [7, 11) is 0. The molecule has 0 unspecified atom stereocenters. The van der Waals surface area contributed by atoms with Crippen LogP contribution in [0, 0.1) is 0 Å². The molecule has 0 spiro atoms. The Labute approximate surface area is 120 Å². The fourth-order valence-corrected chi connectivity index (χ4v) is 3.10. The first-order valence-electron chi connectivity index (χ1n) is 7.62. The number of hydrogen-bond acceptors (Lipinski definition) is 2. The van der Waals surface area contributed by atoms with Gasteiger partial charge in [0.15, 0.2) is 0 Å². The summed E-state index contributed by atoms with van der Waals surface area (Å²) in [6, 6.07) is 6.22. The van der Waals surface area contributed by atoms with Crippen molar-refractivity contribution in [2.75, 3.05) is 11.9 Å². The molecule has 1 aromatic carbocycles. The van der Waals surface area contributed by atoms with Crippen LogP contribution in [-0.4, -0.2) is 12.5 Å². The molecule has 1 aliphatic carbocycles. The fourth-order valence-electron chi connectivity index (χ4n) is 3.10. The lowest BCUT2D eigenvalue weighted by atomic mass is 9.96. The van der Waals surface area contributed by atoms with Crippen LogP contribution >= 0.6 is 0 Å². The molecule has 1 aromatic rings. The summed E-state index contributed by atoms with van der Waals surface area (Å²) in [6.45, 7) is 1.88. The van der Waals surface area contributed by atoms with Crippen LogP contribution in [-0.2, 0) is 17.8 Å². The number of anilines is 1. The standard InChI is InChI=1S/C17H22N2O/c20-17(11-13-5-2-1-3-6-13)19-16-8-4-7-14-9-10-18-12-15(14)16/h4-5,7-8,18H,1-3,6,9-12H2,(H,19,20). The molecule has 3 heteroatoms. The fraction of sp³-hybridized carbons (Fsp3) is 0.471. The van der Waals surface area contributed by atoms with Crippen molar-refractivity contribution in [1.29, 1.82) is 0 Å². The number of nitrogens with one attached hydrogen (secondary N) is 2. The molecule has 0 saturated heterocycles. The van der Waals surface area contributed by atoms with Crippen LogP contribution in [0.3, 0.4) is 0 Å². The van der Waals surface area contributed by atoms with Gasteiger partial charge in [0.25, 0.3) is 0 Å². The molecule has 0 bridgehead atoms. The Morgan fingerprint density at radius 3 is 3.05 bits per heavy atom. The van der Waals surface area contributed by atoms with E-state index in [9.17, 15) is 4.79 Å². The van der Waals surface area contributed by atoms with Gasteiger partial charge in [-0.3, -0.25) is 4.79 Å². The molecule has 3 nitrogen and oxygen atoms in total. The third kappa shape index (κ3) is 3.10. The van der Waals surface area contributed by atoms with Crippen LogP contribution in [0.1, 0.15) is 43.2 Å². The van der Waals surface area contributed by atoms with E-state index < -0.39 is 0 Å². The SMILES string of the molecule is O=C(CC1=CCCCC1)Nc1cccc2c1CNCC2. The van der Waals surface area contributed by atoms with E-state index in [0.29, 0.717) is 6.42 Å². The molecule has 1 heterocycles. The van der Waals surface area contributed by atoms with Gasteiger partial charge >= 0.3 is 0 Å². The Bertz CT molecular complexity index is 534. The Kier molecular flexibility index (Phi) is 4.16. The summed E-state index contributed by atoms with van der Waals surface area (Å²) >= 11 is 0. The number of amides is 1. The van der Waals surface area contributed by atoms with Crippen molar-refractivity contribution in [3.8, 4) is 0 Å². The van der Waals surface area contributed by atoms with E-state index in [1.54, 1.807) is 0 Å². The first-order valence-corrected chi connectivity index (χ1v) is 7.62. The second kappa shape index (κ2) is 6.23. The predicted molar refractivity (Wildman–Crippen MR) is 81.7 cm³/mol. The predicted octanol–water partition coefficient (Wildman–Crippen LogP) is 3.16. The molecule has 3 rings (SSSR count). The number of fused-ring (bicyclic) bond motifs is 1. The van der Waals surface area contributed by atoms with Gasteiger partial charge in [-0.1, -0.05) is 23.8 Å². The number of benzene rings is 1. The highest BCUT2D eigenvalue weighted by molar-refractivity contribution is 5.93. The summed E-state index contributed by atoms with van der Waals surface area (Å²) in [4.78, 5) is 12.2. The van der Waals surface area contributed by atoms with Crippen LogP contribution in [0.4, 0.5) is 5.69 Å². The van der Waals surface area contributed by atoms with Gasteiger partial charge in [-0.25, -0.2) is 0 Å². The summed E-state index contributed by atoms with van der Waals surface area (Å²) in [5.74, 6) is 0.122. The summed E-state index contributed by atoms with van der Waals surface area (Å²) < 4.78 is 0. The van der Waals surface area contributed by atoms with E-state index in [0.717, 1.165) is 38.0 Å². The molecule has 0 saturated carbocycles. The monoisotopic (exact) mass is 270 g/mol. The van der Waals surface area contributed by atoms with E-state index in [1.165, 1.54) is 29.5 Å². The van der Waals surface area contributed by atoms with Gasteiger partial charge in [0.05, 0.1) is 0 Å². The highest BCUT2D eigenvalue weighted by Gasteiger charge is 2.15. The molecule has 1 amide bonds. The maximum Gasteiger partial charge on any atom is 0.228 e. The highest BCUT2D eigenvalue weighted by Crippen LogP contribution is 2.24. The minimum atomic E-state index is 0.122. The van der Waals surface area contributed by atoms with E-state index in [2.05, 4.69) is 22.8 Å². The number of carbonyl (C=O) groups is 1. The Morgan fingerprint density at radius 2 is 2.20 bits per heavy atom. The van der Waals surface area contributed by atoms with Crippen LogP contribution in [0.25, 0.3) is 0 Å². The molecule has 0 aromatic heterocycles. The second-order valence-corrected chi connectivity index (χ2v) is 5.70. The van der Waals surface area contributed by atoms with E-state index in [-0.39, 0.29) is 5.91 Å². The molecule has 2 N–H and O–H groups in total. The normalized spacial score (nSPS) is 18.1. The van der Waals surface area contributed by atoms with E-state index >= 15 is 0 Å². The number of hydrogen-bond donors (Lipinski definition) is 2. The third-order valence-electron chi connectivity index (χ3n) is 4.19. The molecule has 0 atom stereocenters. The molecule has 0 radical (unpaired) electrons. The maximum absolute atomic E-state index is 12.2. The largest absolute Gasteiger partial charge is 0.325 e. The molecule has 0 fully saturated rings. The minimum Gasteiger partial charge on any atom is -0.325 e. The van der Waals surface area contributed by atoms with Crippen LogP contribution < -0.4 is 10.6 Å². The maximum atomic E-state index is 12.2. The summed E-state index contributed by atoms with van der Waals surface area (Å²) in [5, 5.41) is 6.47. The molecule has 20 heavy (non-hydrogen) atoms. The Balaban J connectivity index is 1.68. The van der Waals surface area contributed by atoms with E-state index in [4.69, 9.17) is 0 Å². The van der Waals surface area contributed by atoms with Gasteiger partial charge in [-0.05, 0) is 55.8 Å².